The smallest absolute Gasteiger partial charge is 0.00388 e. The summed E-state index contributed by atoms with van der Waals surface area (Å²) in [6, 6.07) is 1.46. The lowest BCUT2D eigenvalue weighted by atomic mass is 9.55. The van der Waals surface area contributed by atoms with Crippen molar-refractivity contribution in [1.82, 2.24) is 9.80 Å². The summed E-state index contributed by atoms with van der Waals surface area (Å²) in [6.07, 6.45) is 5.22. The zero-order chi connectivity index (χ0) is 14.0. The molecule has 112 valence electrons. The lowest BCUT2D eigenvalue weighted by Crippen LogP contribution is -2.47. The monoisotopic (exact) mass is 274 g/mol. The molecule has 4 atom stereocenters. The molecule has 0 amide bonds. The normalized spacial score (nSPS) is 47.5. The van der Waals surface area contributed by atoms with Gasteiger partial charge in [0, 0.05) is 38.3 Å². The molecule has 0 aromatic heterocycles. The van der Waals surface area contributed by atoms with Crippen LogP contribution in [0.1, 0.15) is 27.7 Å². The Bertz CT molecular complexity index is 352. The molecule has 5 aliphatic rings. The second-order valence-corrected chi connectivity index (χ2v) is 8.29. The molecule has 2 heterocycles. The van der Waals surface area contributed by atoms with E-state index in [1.165, 1.54) is 26.2 Å². The summed E-state index contributed by atoms with van der Waals surface area (Å²) in [7, 11) is 0. The van der Waals surface area contributed by atoms with Crippen LogP contribution in [-0.4, -0.2) is 48.1 Å². The van der Waals surface area contributed by atoms with Gasteiger partial charge in [0.05, 0.1) is 0 Å². The molecular weight excluding hydrogens is 244 g/mol. The van der Waals surface area contributed by atoms with E-state index in [2.05, 4.69) is 49.6 Å². The molecule has 0 N–H and O–H groups in total. The highest BCUT2D eigenvalue weighted by Gasteiger charge is 2.57. The highest BCUT2D eigenvalue weighted by atomic mass is 15.2. The first-order valence-corrected chi connectivity index (χ1v) is 8.72. The molecule has 3 aliphatic carbocycles. The van der Waals surface area contributed by atoms with Gasteiger partial charge in [0.2, 0.25) is 0 Å². The van der Waals surface area contributed by atoms with E-state index in [1.807, 2.05) is 0 Å². The molecule has 0 aromatic rings. The lowest BCUT2D eigenvalue weighted by molar-refractivity contribution is 0.0650. The van der Waals surface area contributed by atoms with Gasteiger partial charge in [0.15, 0.2) is 0 Å². The molecule has 2 saturated heterocycles. The SMILES string of the molecule is CC(C)N1CC2C3C=CC(C2C1)C1CN(C(C)C)CC31. The summed E-state index contributed by atoms with van der Waals surface area (Å²) in [4.78, 5) is 5.48. The fourth-order valence-corrected chi connectivity index (χ4v) is 5.71. The van der Waals surface area contributed by atoms with E-state index in [0.717, 1.165) is 47.6 Å². The van der Waals surface area contributed by atoms with Gasteiger partial charge in [-0.15, -0.1) is 0 Å². The van der Waals surface area contributed by atoms with Gasteiger partial charge in [0.25, 0.3) is 0 Å². The number of hydrogen-bond donors (Lipinski definition) is 0. The molecule has 3 fully saturated rings. The standard InChI is InChI=1S/C18H30N2/c1-11(2)19-7-15-13-5-6-14(16(15)8-19)18-10-20(12(3)4)9-17(13)18/h5-6,11-18H,7-10H2,1-4H3. The first kappa shape index (κ1) is 13.3. The quantitative estimate of drug-likeness (QED) is 0.714. The van der Waals surface area contributed by atoms with E-state index in [0.29, 0.717) is 0 Å². The Kier molecular flexibility index (Phi) is 3.05. The first-order chi connectivity index (χ1) is 9.56. The van der Waals surface area contributed by atoms with Crippen molar-refractivity contribution in [2.75, 3.05) is 26.2 Å². The van der Waals surface area contributed by atoms with Crippen LogP contribution in [0.4, 0.5) is 0 Å². The Balaban J connectivity index is 1.58. The van der Waals surface area contributed by atoms with Crippen molar-refractivity contribution in [2.45, 2.75) is 39.8 Å². The van der Waals surface area contributed by atoms with Gasteiger partial charge in [-0.3, -0.25) is 0 Å². The fraction of sp³-hybridized carbons (Fsp3) is 0.889. The molecule has 0 radical (unpaired) electrons. The summed E-state index contributed by atoms with van der Waals surface area (Å²) < 4.78 is 0. The van der Waals surface area contributed by atoms with E-state index < -0.39 is 0 Å². The van der Waals surface area contributed by atoms with Crippen LogP contribution < -0.4 is 0 Å². The molecule has 5 rings (SSSR count). The summed E-state index contributed by atoms with van der Waals surface area (Å²) >= 11 is 0. The average molecular weight is 274 g/mol. The van der Waals surface area contributed by atoms with Crippen molar-refractivity contribution in [3.8, 4) is 0 Å². The van der Waals surface area contributed by atoms with Crippen molar-refractivity contribution >= 4 is 0 Å². The maximum Gasteiger partial charge on any atom is 0.00388 e. The van der Waals surface area contributed by atoms with Gasteiger partial charge < -0.3 is 9.80 Å². The van der Waals surface area contributed by atoms with Crippen LogP contribution in [0, 0.1) is 35.5 Å². The summed E-state index contributed by atoms with van der Waals surface area (Å²) in [5, 5.41) is 0. The third kappa shape index (κ3) is 1.77. The zero-order valence-corrected chi connectivity index (χ0v) is 13.5. The van der Waals surface area contributed by atoms with Gasteiger partial charge in [-0.1, -0.05) is 12.2 Å². The van der Waals surface area contributed by atoms with Crippen LogP contribution in [0.3, 0.4) is 0 Å². The topological polar surface area (TPSA) is 6.48 Å². The lowest BCUT2D eigenvalue weighted by Gasteiger charge is -2.48. The maximum absolute atomic E-state index is 2.74. The fourth-order valence-electron chi connectivity index (χ4n) is 5.71. The number of hydrogen-bond acceptors (Lipinski definition) is 2. The molecule has 4 unspecified atom stereocenters. The summed E-state index contributed by atoms with van der Waals surface area (Å²) in [5.74, 6) is 5.59. The van der Waals surface area contributed by atoms with E-state index in [1.54, 1.807) is 0 Å². The molecule has 2 aliphatic heterocycles. The Morgan fingerprint density at radius 3 is 1.20 bits per heavy atom. The van der Waals surface area contributed by atoms with Gasteiger partial charge in [-0.25, -0.2) is 0 Å². The molecule has 20 heavy (non-hydrogen) atoms. The minimum Gasteiger partial charge on any atom is -0.300 e. The Morgan fingerprint density at radius 2 is 0.950 bits per heavy atom. The van der Waals surface area contributed by atoms with Crippen LogP contribution in [0.5, 0.6) is 0 Å². The van der Waals surface area contributed by atoms with Gasteiger partial charge >= 0.3 is 0 Å². The van der Waals surface area contributed by atoms with Crippen LogP contribution in [-0.2, 0) is 0 Å². The van der Waals surface area contributed by atoms with Crippen molar-refractivity contribution in [2.24, 2.45) is 35.5 Å². The van der Waals surface area contributed by atoms with E-state index in [4.69, 9.17) is 0 Å². The third-order valence-corrected chi connectivity index (χ3v) is 6.87. The minimum atomic E-state index is 0.729. The van der Waals surface area contributed by atoms with E-state index in [-0.39, 0.29) is 0 Å². The number of allylic oxidation sites excluding steroid dienone is 2. The zero-order valence-electron chi connectivity index (χ0n) is 13.5. The summed E-state index contributed by atoms with van der Waals surface area (Å²) in [6.45, 7) is 14.9. The second kappa shape index (κ2) is 4.58. The average Bonchev–Trinajstić information content (AvgIpc) is 3.04. The molecule has 0 aromatic carbocycles. The Labute approximate surface area is 124 Å². The molecule has 2 heteroatoms. The second-order valence-electron chi connectivity index (χ2n) is 8.29. The number of nitrogens with zero attached hydrogens (tertiary/aromatic N) is 2. The third-order valence-electron chi connectivity index (χ3n) is 6.87. The predicted molar refractivity (Wildman–Crippen MR) is 83.5 cm³/mol. The maximum atomic E-state index is 2.74. The molecule has 1 saturated carbocycles. The van der Waals surface area contributed by atoms with Gasteiger partial charge in [-0.2, -0.15) is 0 Å². The van der Waals surface area contributed by atoms with Gasteiger partial charge in [0.1, 0.15) is 0 Å². The molecular formula is C18H30N2. The number of rotatable bonds is 2. The minimum absolute atomic E-state index is 0.729. The number of likely N-dealkylation sites (tertiary alicyclic amines) is 2. The van der Waals surface area contributed by atoms with Crippen LogP contribution in [0.15, 0.2) is 12.2 Å². The van der Waals surface area contributed by atoms with Crippen molar-refractivity contribution in [3.63, 3.8) is 0 Å². The Hall–Kier alpha value is -0.340. The van der Waals surface area contributed by atoms with E-state index in [9.17, 15) is 0 Å². The summed E-state index contributed by atoms with van der Waals surface area (Å²) in [5.41, 5.74) is 0. The molecule has 0 spiro atoms. The van der Waals surface area contributed by atoms with Crippen molar-refractivity contribution in [1.29, 1.82) is 0 Å². The van der Waals surface area contributed by atoms with Crippen molar-refractivity contribution in [3.05, 3.63) is 12.2 Å². The largest absolute Gasteiger partial charge is 0.300 e. The predicted octanol–water partition coefficient (Wildman–Crippen LogP) is 2.72. The highest BCUT2D eigenvalue weighted by Crippen LogP contribution is 2.56. The highest BCUT2D eigenvalue weighted by molar-refractivity contribution is 5.20. The van der Waals surface area contributed by atoms with Crippen LogP contribution >= 0.6 is 0 Å². The molecule has 2 bridgehead atoms. The van der Waals surface area contributed by atoms with E-state index >= 15 is 0 Å². The van der Waals surface area contributed by atoms with Crippen molar-refractivity contribution < 1.29 is 0 Å². The molecule has 2 nitrogen and oxygen atoms in total. The van der Waals surface area contributed by atoms with Gasteiger partial charge in [-0.05, 0) is 63.2 Å². The Morgan fingerprint density at radius 1 is 0.650 bits per heavy atom. The van der Waals surface area contributed by atoms with Crippen LogP contribution in [0.2, 0.25) is 0 Å². The van der Waals surface area contributed by atoms with Crippen LogP contribution in [0.25, 0.3) is 0 Å². The first-order valence-electron chi connectivity index (χ1n) is 8.72.